The zero-order chi connectivity index (χ0) is 20.3. The summed E-state index contributed by atoms with van der Waals surface area (Å²) >= 11 is 0. The van der Waals surface area contributed by atoms with Gasteiger partial charge in [0.2, 0.25) is 11.8 Å². The maximum Gasteiger partial charge on any atom is 0.227 e. The molecular formula is C22H26N2O4. The van der Waals surface area contributed by atoms with E-state index in [1.807, 2.05) is 48.5 Å². The summed E-state index contributed by atoms with van der Waals surface area (Å²) in [6.45, 7) is 0. The van der Waals surface area contributed by atoms with E-state index >= 15 is 0 Å². The van der Waals surface area contributed by atoms with Gasteiger partial charge in [-0.05, 0) is 48.4 Å². The standard InChI is InChI=1S/C22H26N2O4/c1-23(2)22(26)19-13-14-20(25)24(16-7-11-18(28-4)12-8-16)21(19)15-5-9-17(27-3)10-6-15/h5-12,19,21H,13-14H2,1-4H3. The summed E-state index contributed by atoms with van der Waals surface area (Å²) in [6, 6.07) is 14.6. The van der Waals surface area contributed by atoms with Crippen molar-refractivity contribution >= 4 is 17.5 Å². The Hall–Kier alpha value is -3.02. The lowest BCUT2D eigenvalue weighted by Crippen LogP contribution is -2.48. The number of carbonyl (C=O) groups is 2. The van der Waals surface area contributed by atoms with Gasteiger partial charge < -0.3 is 19.3 Å². The van der Waals surface area contributed by atoms with Crippen molar-refractivity contribution in [1.82, 2.24) is 4.90 Å². The van der Waals surface area contributed by atoms with Gasteiger partial charge in [0, 0.05) is 26.2 Å². The number of nitrogens with zero attached hydrogens (tertiary/aromatic N) is 2. The van der Waals surface area contributed by atoms with E-state index in [2.05, 4.69) is 0 Å². The number of amides is 2. The van der Waals surface area contributed by atoms with Crippen LogP contribution in [0.2, 0.25) is 0 Å². The molecule has 0 bridgehead atoms. The molecule has 3 rings (SSSR count). The highest BCUT2D eigenvalue weighted by Crippen LogP contribution is 2.41. The van der Waals surface area contributed by atoms with Gasteiger partial charge in [0.15, 0.2) is 0 Å². The molecule has 0 N–H and O–H groups in total. The van der Waals surface area contributed by atoms with Gasteiger partial charge in [-0.25, -0.2) is 0 Å². The molecule has 1 heterocycles. The fourth-order valence-corrected chi connectivity index (χ4v) is 3.71. The molecule has 2 unspecified atom stereocenters. The van der Waals surface area contributed by atoms with E-state index in [1.165, 1.54) is 0 Å². The highest BCUT2D eigenvalue weighted by molar-refractivity contribution is 5.97. The molecule has 0 radical (unpaired) electrons. The van der Waals surface area contributed by atoms with Crippen molar-refractivity contribution in [1.29, 1.82) is 0 Å². The van der Waals surface area contributed by atoms with Crippen molar-refractivity contribution in [2.75, 3.05) is 33.2 Å². The smallest absolute Gasteiger partial charge is 0.227 e. The van der Waals surface area contributed by atoms with E-state index in [0.29, 0.717) is 12.8 Å². The number of hydrogen-bond donors (Lipinski definition) is 0. The molecule has 6 heteroatoms. The summed E-state index contributed by atoms with van der Waals surface area (Å²) in [7, 11) is 6.72. The normalized spacial score (nSPS) is 19.3. The van der Waals surface area contributed by atoms with Gasteiger partial charge >= 0.3 is 0 Å². The molecular weight excluding hydrogens is 356 g/mol. The van der Waals surface area contributed by atoms with Crippen molar-refractivity contribution < 1.29 is 19.1 Å². The second-order valence-corrected chi connectivity index (χ2v) is 7.06. The fourth-order valence-electron chi connectivity index (χ4n) is 3.71. The van der Waals surface area contributed by atoms with Crippen molar-refractivity contribution in [3.05, 3.63) is 54.1 Å². The quantitative estimate of drug-likeness (QED) is 0.796. The summed E-state index contributed by atoms with van der Waals surface area (Å²) in [6.07, 6.45) is 0.863. The monoisotopic (exact) mass is 382 g/mol. The maximum absolute atomic E-state index is 12.9. The van der Waals surface area contributed by atoms with Gasteiger partial charge in [0.1, 0.15) is 11.5 Å². The minimum atomic E-state index is -0.379. The molecule has 2 atom stereocenters. The van der Waals surface area contributed by atoms with Gasteiger partial charge in [-0.15, -0.1) is 0 Å². The molecule has 1 saturated heterocycles. The lowest BCUT2D eigenvalue weighted by molar-refractivity contribution is -0.136. The predicted octanol–water partition coefficient (Wildman–Crippen LogP) is 3.28. The first-order chi connectivity index (χ1) is 13.5. The van der Waals surface area contributed by atoms with Crippen LogP contribution in [0.15, 0.2) is 48.5 Å². The van der Waals surface area contributed by atoms with Crippen molar-refractivity contribution in [2.24, 2.45) is 5.92 Å². The van der Waals surface area contributed by atoms with Crippen LogP contribution >= 0.6 is 0 Å². The second-order valence-electron chi connectivity index (χ2n) is 7.06. The number of methoxy groups -OCH3 is 2. The van der Waals surface area contributed by atoms with E-state index in [1.54, 1.807) is 38.1 Å². The van der Waals surface area contributed by atoms with Crippen molar-refractivity contribution in [3.8, 4) is 11.5 Å². The molecule has 2 aromatic rings. The predicted molar refractivity (Wildman–Crippen MR) is 108 cm³/mol. The van der Waals surface area contributed by atoms with Gasteiger partial charge in [0.25, 0.3) is 0 Å². The number of carbonyl (C=O) groups excluding carboxylic acids is 2. The zero-order valence-electron chi connectivity index (χ0n) is 16.7. The van der Waals surface area contributed by atoms with E-state index in [9.17, 15) is 9.59 Å². The molecule has 6 nitrogen and oxygen atoms in total. The van der Waals surface area contributed by atoms with Crippen LogP contribution in [-0.4, -0.2) is 45.0 Å². The molecule has 28 heavy (non-hydrogen) atoms. The topological polar surface area (TPSA) is 59.1 Å². The number of anilines is 1. The van der Waals surface area contributed by atoms with Gasteiger partial charge in [-0.3, -0.25) is 9.59 Å². The first-order valence-electron chi connectivity index (χ1n) is 9.27. The molecule has 1 fully saturated rings. The van der Waals surface area contributed by atoms with Gasteiger partial charge in [-0.2, -0.15) is 0 Å². The Morgan fingerprint density at radius 2 is 1.50 bits per heavy atom. The largest absolute Gasteiger partial charge is 0.497 e. The van der Waals surface area contributed by atoms with Crippen molar-refractivity contribution in [2.45, 2.75) is 18.9 Å². The fraction of sp³-hybridized carbons (Fsp3) is 0.364. The Morgan fingerprint density at radius 1 is 0.964 bits per heavy atom. The average Bonchev–Trinajstić information content (AvgIpc) is 2.73. The number of benzene rings is 2. The van der Waals surface area contributed by atoms with Crippen LogP contribution in [0.25, 0.3) is 0 Å². The molecule has 1 aliphatic rings. The van der Waals surface area contributed by atoms with Crippen molar-refractivity contribution in [3.63, 3.8) is 0 Å². The molecule has 0 saturated carbocycles. The minimum Gasteiger partial charge on any atom is -0.497 e. The molecule has 0 aliphatic carbocycles. The highest BCUT2D eigenvalue weighted by atomic mass is 16.5. The SMILES string of the molecule is COc1ccc(C2C(C(=O)N(C)C)CCC(=O)N2c2ccc(OC)cc2)cc1. The van der Waals surface area contributed by atoms with Crippen LogP contribution in [0.5, 0.6) is 11.5 Å². The van der Waals surface area contributed by atoms with Gasteiger partial charge in [-0.1, -0.05) is 12.1 Å². The molecule has 0 spiro atoms. The van der Waals surface area contributed by atoms with Crippen LogP contribution in [0.4, 0.5) is 5.69 Å². The van der Waals surface area contributed by atoms with Crippen LogP contribution in [-0.2, 0) is 9.59 Å². The first-order valence-corrected chi connectivity index (χ1v) is 9.27. The molecule has 148 valence electrons. The number of rotatable bonds is 5. The Balaban J connectivity index is 2.08. The minimum absolute atomic E-state index is 0.00814. The van der Waals surface area contributed by atoms with Crippen LogP contribution < -0.4 is 14.4 Å². The maximum atomic E-state index is 12.9. The molecule has 1 aliphatic heterocycles. The third-order valence-corrected chi connectivity index (χ3v) is 5.16. The van der Waals surface area contributed by atoms with E-state index in [0.717, 1.165) is 22.7 Å². The molecule has 2 amide bonds. The third-order valence-electron chi connectivity index (χ3n) is 5.16. The average molecular weight is 382 g/mol. The summed E-state index contributed by atoms with van der Waals surface area (Å²) < 4.78 is 10.5. The van der Waals surface area contributed by atoms with Crippen LogP contribution in [0, 0.1) is 5.92 Å². The van der Waals surface area contributed by atoms with Gasteiger partial charge in [0.05, 0.1) is 26.2 Å². The highest BCUT2D eigenvalue weighted by Gasteiger charge is 2.42. The Bertz CT molecular complexity index is 831. The van der Waals surface area contributed by atoms with Crippen LogP contribution in [0.3, 0.4) is 0 Å². The lowest BCUT2D eigenvalue weighted by Gasteiger charge is -2.41. The third kappa shape index (κ3) is 3.81. The zero-order valence-corrected chi connectivity index (χ0v) is 16.7. The Labute approximate surface area is 165 Å². The molecule has 0 aromatic heterocycles. The summed E-state index contributed by atoms with van der Waals surface area (Å²) in [5.74, 6) is 1.16. The summed E-state index contributed by atoms with van der Waals surface area (Å²) in [5, 5.41) is 0. The van der Waals surface area contributed by atoms with E-state index < -0.39 is 0 Å². The van der Waals surface area contributed by atoms with Crippen LogP contribution in [0.1, 0.15) is 24.4 Å². The number of hydrogen-bond acceptors (Lipinski definition) is 4. The number of piperidine rings is 1. The van der Waals surface area contributed by atoms with E-state index in [4.69, 9.17) is 9.47 Å². The molecule has 2 aromatic carbocycles. The Morgan fingerprint density at radius 3 is 2.00 bits per heavy atom. The second kappa shape index (κ2) is 8.33. The first kappa shape index (κ1) is 19.7. The number of ether oxygens (including phenoxy) is 2. The van der Waals surface area contributed by atoms with E-state index in [-0.39, 0.29) is 23.8 Å². The summed E-state index contributed by atoms with van der Waals surface area (Å²) in [4.78, 5) is 29.2. The Kier molecular flexibility index (Phi) is 5.87. The lowest BCUT2D eigenvalue weighted by atomic mass is 9.83. The summed E-state index contributed by atoms with van der Waals surface area (Å²) in [5.41, 5.74) is 1.66.